The number of rotatable bonds is 1. The number of nitriles is 1. The zero-order chi connectivity index (χ0) is 8.97. The van der Waals surface area contributed by atoms with E-state index in [-0.39, 0.29) is 0 Å². The molecule has 1 nitrogen and oxygen atoms in total. The van der Waals surface area contributed by atoms with Gasteiger partial charge in [0.05, 0.1) is 12.5 Å². The molecule has 0 heterocycles. The Bertz CT molecular complexity index is 253. The minimum atomic E-state index is 0.548. The van der Waals surface area contributed by atoms with Crippen LogP contribution in [0.25, 0.3) is 0 Å². The van der Waals surface area contributed by atoms with Crippen molar-refractivity contribution in [3.05, 3.63) is 23.3 Å². The van der Waals surface area contributed by atoms with Crippen molar-refractivity contribution >= 4 is 0 Å². The van der Waals surface area contributed by atoms with Gasteiger partial charge >= 0.3 is 0 Å². The van der Waals surface area contributed by atoms with Crippen molar-refractivity contribution in [1.29, 1.82) is 5.26 Å². The predicted molar refractivity (Wildman–Crippen MR) is 50.5 cm³/mol. The Morgan fingerprint density at radius 2 is 2.42 bits per heavy atom. The fourth-order valence-electron chi connectivity index (χ4n) is 1.65. The van der Waals surface area contributed by atoms with Crippen LogP contribution in [0, 0.1) is 17.2 Å². The predicted octanol–water partition coefficient (Wildman–Crippen LogP) is 3.20. The van der Waals surface area contributed by atoms with Crippen LogP contribution < -0.4 is 0 Å². The summed E-state index contributed by atoms with van der Waals surface area (Å²) in [5.74, 6) is 0.548. The van der Waals surface area contributed by atoms with Crippen LogP contribution in [0.1, 0.15) is 33.1 Å². The fourth-order valence-corrected chi connectivity index (χ4v) is 1.65. The van der Waals surface area contributed by atoms with E-state index in [4.69, 9.17) is 5.26 Å². The second-order valence-corrected chi connectivity index (χ2v) is 3.44. The topological polar surface area (TPSA) is 23.8 Å². The first kappa shape index (κ1) is 9.06. The molecule has 0 spiro atoms. The van der Waals surface area contributed by atoms with Crippen molar-refractivity contribution in [3.8, 4) is 6.07 Å². The first-order valence-corrected chi connectivity index (χ1v) is 4.47. The van der Waals surface area contributed by atoms with E-state index in [0.29, 0.717) is 12.3 Å². The summed E-state index contributed by atoms with van der Waals surface area (Å²) in [6.07, 6.45) is 7.25. The molecule has 0 fully saturated rings. The molecule has 12 heavy (non-hydrogen) atoms. The highest BCUT2D eigenvalue weighted by Crippen LogP contribution is 2.27. The molecule has 1 heteroatoms. The number of hydrogen-bond acceptors (Lipinski definition) is 1. The van der Waals surface area contributed by atoms with Crippen molar-refractivity contribution in [3.63, 3.8) is 0 Å². The lowest BCUT2D eigenvalue weighted by molar-refractivity contribution is 0.715. The van der Waals surface area contributed by atoms with Crippen molar-refractivity contribution < 1.29 is 0 Å². The second kappa shape index (κ2) is 4.11. The van der Waals surface area contributed by atoms with Gasteiger partial charge < -0.3 is 0 Å². The van der Waals surface area contributed by atoms with Gasteiger partial charge in [0.1, 0.15) is 0 Å². The van der Waals surface area contributed by atoms with Crippen LogP contribution in [0.3, 0.4) is 0 Å². The van der Waals surface area contributed by atoms with Crippen LogP contribution in [-0.2, 0) is 0 Å². The molecule has 0 aromatic rings. The van der Waals surface area contributed by atoms with Crippen molar-refractivity contribution in [2.75, 3.05) is 0 Å². The van der Waals surface area contributed by atoms with Gasteiger partial charge in [-0.2, -0.15) is 5.26 Å². The lowest BCUT2D eigenvalue weighted by Crippen LogP contribution is -2.03. The van der Waals surface area contributed by atoms with Crippen LogP contribution in [0.2, 0.25) is 0 Å². The molecule has 1 atom stereocenters. The molecule has 1 rings (SSSR count). The van der Waals surface area contributed by atoms with Gasteiger partial charge in [-0.05, 0) is 25.7 Å². The quantitative estimate of drug-likeness (QED) is 0.542. The summed E-state index contributed by atoms with van der Waals surface area (Å²) in [4.78, 5) is 0. The van der Waals surface area contributed by atoms with E-state index in [0.717, 1.165) is 6.42 Å². The SMILES string of the molecule is CC1=CC(C)C(=CCC#N)CC1. The molecule has 1 unspecified atom stereocenters. The molecule has 1 aliphatic rings. The highest BCUT2D eigenvalue weighted by molar-refractivity contribution is 5.22. The molecule has 0 aliphatic heterocycles. The zero-order valence-electron chi connectivity index (χ0n) is 7.80. The third-order valence-corrected chi connectivity index (χ3v) is 2.38. The lowest BCUT2D eigenvalue weighted by Gasteiger charge is -2.19. The van der Waals surface area contributed by atoms with E-state index in [1.807, 2.05) is 0 Å². The average molecular weight is 161 g/mol. The Kier molecular flexibility index (Phi) is 3.10. The van der Waals surface area contributed by atoms with E-state index in [1.54, 1.807) is 0 Å². The summed E-state index contributed by atoms with van der Waals surface area (Å²) in [6.45, 7) is 4.38. The smallest absolute Gasteiger partial charge is 0.0663 e. The normalized spacial score (nSPS) is 26.6. The summed E-state index contributed by atoms with van der Waals surface area (Å²) in [5.41, 5.74) is 2.92. The van der Waals surface area contributed by atoms with E-state index >= 15 is 0 Å². The van der Waals surface area contributed by atoms with Gasteiger partial charge in [-0.1, -0.05) is 30.2 Å². The van der Waals surface area contributed by atoms with Crippen LogP contribution in [-0.4, -0.2) is 0 Å². The summed E-state index contributed by atoms with van der Waals surface area (Å²) < 4.78 is 0. The van der Waals surface area contributed by atoms with E-state index < -0.39 is 0 Å². The standard InChI is InChI=1S/C11H15N/c1-9-5-6-11(4-3-7-12)10(2)8-9/h4,8,10H,3,5-6H2,1-2H3. The molecule has 1 aliphatic carbocycles. The molecular formula is C11H15N. The van der Waals surface area contributed by atoms with Crippen molar-refractivity contribution in [2.45, 2.75) is 33.1 Å². The van der Waals surface area contributed by atoms with Gasteiger partial charge in [-0.25, -0.2) is 0 Å². The molecule has 0 saturated heterocycles. The largest absolute Gasteiger partial charge is 0.198 e. The van der Waals surface area contributed by atoms with Gasteiger partial charge in [0.25, 0.3) is 0 Å². The molecular weight excluding hydrogens is 146 g/mol. The third kappa shape index (κ3) is 2.23. The highest BCUT2D eigenvalue weighted by Gasteiger charge is 2.11. The molecule has 0 aromatic carbocycles. The van der Waals surface area contributed by atoms with E-state index in [9.17, 15) is 0 Å². The number of hydrogen-bond donors (Lipinski definition) is 0. The molecule has 0 aromatic heterocycles. The number of nitrogens with zero attached hydrogens (tertiary/aromatic N) is 1. The Morgan fingerprint density at radius 1 is 1.67 bits per heavy atom. The van der Waals surface area contributed by atoms with Gasteiger partial charge in [-0.15, -0.1) is 0 Å². The molecule has 0 radical (unpaired) electrons. The van der Waals surface area contributed by atoms with Gasteiger partial charge in [0.2, 0.25) is 0 Å². The molecule has 0 N–H and O–H groups in total. The summed E-state index contributed by atoms with van der Waals surface area (Å²) >= 11 is 0. The zero-order valence-corrected chi connectivity index (χ0v) is 7.80. The summed E-state index contributed by atoms with van der Waals surface area (Å²) in [6, 6.07) is 2.15. The summed E-state index contributed by atoms with van der Waals surface area (Å²) in [5, 5.41) is 8.43. The molecule has 0 bridgehead atoms. The Morgan fingerprint density at radius 3 is 3.00 bits per heavy atom. The van der Waals surface area contributed by atoms with Gasteiger partial charge in [0.15, 0.2) is 0 Å². The number of allylic oxidation sites excluding steroid dienone is 4. The van der Waals surface area contributed by atoms with Crippen LogP contribution in [0.15, 0.2) is 23.3 Å². The van der Waals surface area contributed by atoms with Crippen molar-refractivity contribution in [2.24, 2.45) is 5.92 Å². The maximum absolute atomic E-state index is 8.43. The van der Waals surface area contributed by atoms with E-state index in [1.165, 1.54) is 17.6 Å². The molecule has 64 valence electrons. The monoisotopic (exact) mass is 161 g/mol. The van der Waals surface area contributed by atoms with Gasteiger partial charge in [-0.3, -0.25) is 0 Å². The third-order valence-electron chi connectivity index (χ3n) is 2.38. The second-order valence-electron chi connectivity index (χ2n) is 3.44. The molecule has 0 saturated carbocycles. The van der Waals surface area contributed by atoms with Crippen LogP contribution in [0.5, 0.6) is 0 Å². The Labute approximate surface area is 74.4 Å². The minimum Gasteiger partial charge on any atom is -0.198 e. The molecule has 0 amide bonds. The maximum Gasteiger partial charge on any atom is 0.0663 e. The first-order chi connectivity index (χ1) is 5.74. The average Bonchev–Trinajstić information content (AvgIpc) is 2.03. The van der Waals surface area contributed by atoms with Crippen LogP contribution in [0.4, 0.5) is 0 Å². The van der Waals surface area contributed by atoms with Crippen molar-refractivity contribution in [1.82, 2.24) is 0 Å². The van der Waals surface area contributed by atoms with E-state index in [2.05, 4.69) is 32.1 Å². The highest BCUT2D eigenvalue weighted by atomic mass is 14.2. The Balaban J connectivity index is 2.66. The maximum atomic E-state index is 8.43. The lowest BCUT2D eigenvalue weighted by atomic mass is 9.87. The fraction of sp³-hybridized carbons (Fsp3) is 0.545. The Hall–Kier alpha value is -1.03. The van der Waals surface area contributed by atoms with Crippen LogP contribution >= 0.6 is 0 Å². The minimum absolute atomic E-state index is 0.548. The summed E-state index contributed by atoms with van der Waals surface area (Å²) in [7, 11) is 0. The van der Waals surface area contributed by atoms with Gasteiger partial charge in [0, 0.05) is 0 Å². The first-order valence-electron chi connectivity index (χ1n) is 4.47.